The van der Waals surface area contributed by atoms with Gasteiger partial charge in [-0.05, 0) is 60.9 Å². The third-order valence-electron chi connectivity index (χ3n) is 5.78. The van der Waals surface area contributed by atoms with Gasteiger partial charge in [-0.2, -0.15) is 5.10 Å². The summed E-state index contributed by atoms with van der Waals surface area (Å²) in [6, 6.07) is 11.5. The van der Waals surface area contributed by atoms with Crippen LogP contribution in [0.4, 0.5) is 0 Å². The lowest BCUT2D eigenvalue weighted by molar-refractivity contribution is 0.281. The van der Waals surface area contributed by atoms with Crippen LogP contribution in [0.15, 0.2) is 47.5 Å². The molecule has 1 heterocycles. The molecule has 1 aliphatic carbocycles. The summed E-state index contributed by atoms with van der Waals surface area (Å²) >= 11 is 6.21. The highest BCUT2D eigenvalue weighted by Crippen LogP contribution is 2.33. The molecular formula is C23H25ClN2O3S. The Morgan fingerprint density at radius 3 is 2.63 bits per heavy atom. The molecule has 2 aromatic carbocycles. The number of hydrogen-bond acceptors (Lipinski definition) is 4. The minimum absolute atomic E-state index is 0.0168. The molecule has 0 radical (unpaired) electrons. The molecular weight excluding hydrogens is 420 g/mol. The van der Waals surface area contributed by atoms with Gasteiger partial charge in [0.1, 0.15) is 0 Å². The number of halogens is 1. The second-order valence-corrected chi connectivity index (χ2v) is 10.5. The van der Waals surface area contributed by atoms with Gasteiger partial charge in [0.15, 0.2) is 9.84 Å². The van der Waals surface area contributed by atoms with Gasteiger partial charge in [-0.3, -0.25) is 4.68 Å². The van der Waals surface area contributed by atoms with Crippen LogP contribution >= 0.6 is 11.6 Å². The van der Waals surface area contributed by atoms with Crippen molar-refractivity contribution in [1.82, 2.24) is 9.78 Å². The zero-order valence-electron chi connectivity index (χ0n) is 17.1. The van der Waals surface area contributed by atoms with Crippen molar-refractivity contribution in [2.45, 2.75) is 44.7 Å². The Hall–Kier alpha value is -2.15. The molecule has 158 valence electrons. The lowest BCUT2D eigenvalue weighted by Gasteiger charge is -2.13. The third-order valence-corrected chi connectivity index (χ3v) is 8.28. The van der Waals surface area contributed by atoms with Crippen molar-refractivity contribution >= 4 is 21.4 Å². The minimum atomic E-state index is -3.46. The molecule has 0 spiro atoms. The average Bonchev–Trinajstić information content (AvgIpc) is 3.22. The largest absolute Gasteiger partial charge is 0.392 e. The van der Waals surface area contributed by atoms with Gasteiger partial charge in [0.25, 0.3) is 0 Å². The van der Waals surface area contributed by atoms with E-state index in [1.165, 1.54) is 11.1 Å². The highest BCUT2D eigenvalue weighted by atomic mass is 35.5. The first kappa shape index (κ1) is 21.1. The monoisotopic (exact) mass is 444 g/mol. The van der Waals surface area contributed by atoms with Crippen molar-refractivity contribution in [3.8, 4) is 0 Å². The van der Waals surface area contributed by atoms with Crippen molar-refractivity contribution in [2.75, 3.05) is 5.75 Å². The van der Waals surface area contributed by atoms with E-state index in [1.54, 1.807) is 25.1 Å². The van der Waals surface area contributed by atoms with Crippen molar-refractivity contribution in [1.29, 1.82) is 0 Å². The number of fused-ring (bicyclic) bond motifs is 1. The lowest BCUT2D eigenvalue weighted by Crippen LogP contribution is -2.18. The number of nitrogens with zero attached hydrogens (tertiary/aromatic N) is 2. The quantitative estimate of drug-likeness (QED) is 0.626. The van der Waals surface area contributed by atoms with Crippen LogP contribution < -0.4 is 0 Å². The highest BCUT2D eigenvalue weighted by molar-refractivity contribution is 7.91. The van der Waals surface area contributed by atoms with E-state index in [0.717, 1.165) is 29.7 Å². The van der Waals surface area contributed by atoms with Gasteiger partial charge in [0, 0.05) is 11.8 Å². The Labute approximate surface area is 182 Å². The SMILES string of the molecule is Cc1cccc(Cl)c1S(=O)(=O)C[C@H]1Cc2ccc(Cn3cc(CO)c(C)n3)cc2C1. The van der Waals surface area contributed by atoms with Gasteiger partial charge in [0.2, 0.25) is 0 Å². The van der Waals surface area contributed by atoms with Gasteiger partial charge >= 0.3 is 0 Å². The van der Waals surface area contributed by atoms with Crippen LogP contribution in [0.25, 0.3) is 0 Å². The second-order valence-electron chi connectivity index (χ2n) is 8.14. The Bertz CT molecular complexity index is 1180. The van der Waals surface area contributed by atoms with Gasteiger partial charge in [-0.1, -0.05) is 41.9 Å². The van der Waals surface area contributed by atoms with Crippen molar-refractivity contribution in [3.63, 3.8) is 0 Å². The summed E-state index contributed by atoms with van der Waals surface area (Å²) in [5.41, 5.74) is 5.88. The summed E-state index contributed by atoms with van der Waals surface area (Å²) in [6.45, 7) is 4.27. The van der Waals surface area contributed by atoms with Gasteiger partial charge in [0.05, 0.1) is 34.5 Å². The average molecular weight is 445 g/mol. The molecule has 3 aromatic rings. The minimum Gasteiger partial charge on any atom is -0.392 e. The number of sulfone groups is 1. The van der Waals surface area contributed by atoms with Crippen LogP contribution in [0.2, 0.25) is 5.02 Å². The molecule has 7 heteroatoms. The zero-order chi connectivity index (χ0) is 21.5. The van der Waals surface area contributed by atoms with Crippen molar-refractivity contribution in [3.05, 3.63) is 81.1 Å². The maximum Gasteiger partial charge on any atom is 0.180 e. The maximum absolute atomic E-state index is 13.0. The molecule has 0 unspecified atom stereocenters. The predicted octanol–water partition coefficient (Wildman–Crippen LogP) is 3.88. The number of rotatable bonds is 6. The number of benzene rings is 2. The van der Waals surface area contributed by atoms with Gasteiger partial charge in [-0.15, -0.1) is 0 Å². The fraction of sp³-hybridized carbons (Fsp3) is 0.348. The lowest BCUT2D eigenvalue weighted by atomic mass is 10.1. The molecule has 0 fully saturated rings. The molecule has 30 heavy (non-hydrogen) atoms. The van der Waals surface area contributed by atoms with Crippen LogP contribution in [0.1, 0.15) is 33.5 Å². The first-order valence-electron chi connectivity index (χ1n) is 9.99. The number of hydrogen-bond donors (Lipinski definition) is 1. The number of aromatic nitrogens is 2. The standard InChI is InChI=1S/C23H25ClN2O3S/c1-15-4-3-5-22(24)23(15)30(28,29)14-18-9-19-7-6-17(8-20(19)10-18)11-26-12-21(13-27)16(2)25-26/h3-8,12,18,27H,9-11,13-14H2,1-2H3/t18-/m0/s1. The summed E-state index contributed by atoms with van der Waals surface area (Å²) in [4.78, 5) is 0.261. The Balaban J connectivity index is 1.49. The maximum atomic E-state index is 13.0. The van der Waals surface area contributed by atoms with Crippen LogP contribution in [0.5, 0.6) is 0 Å². The fourth-order valence-electron chi connectivity index (χ4n) is 4.37. The molecule has 1 aromatic heterocycles. The van der Waals surface area contributed by atoms with Crippen LogP contribution in [0.3, 0.4) is 0 Å². The number of aliphatic hydroxyl groups excluding tert-OH is 1. The fourth-order valence-corrected chi connectivity index (χ4v) is 6.89. The molecule has 0 aliphatic heterocycles. The van der Waals surface area contributed by atoms with E-state index in [4.69, 9.17) is 11.6 Å². The molecule has 1 atom stereocenters. The summed E-state index contributed by atoms with van der Waals surface area (Å²) in [6.07, 6.45) is 3.36. The molecule has 5 nitrogen and oxygen atoms in total. The Morgan fingerprint density at radius 2 is 1.93 bits per heavy atom. The van der Waals surface area contributed by atoms with Crippen LogP contribution in [0, 0.1) is 19.8 Å². The summed E-state index contributed by atoms with van der Waals surface area (Å²) < 4.78 is 27.9. The number of aliphatic hydroxyl groups is 1. The topological polar surface area (TPSA) is 72.2 Å². The predicted molar refractivity (Wildman–Crippen MR) is 118 cm³/mol. The first-order valence-corrected chi connectivity index (χ1v) is 12.0. The van der Waals surface area contributed by atoms with E-state index < -0.39 is 9.84 Å². The third kappa shape index (κ3) is 4.17. The normalized spacial score (nSPS) is 16.1. The van der Waals surface area contributed by atoms with Crippen LogP contribution in [-0.4, -0.2) is 29.1 Å². The second kappa shape index (κ2) is 8.17. The van der Waals surface area contributed by atoms with E-state index in [2.05, 4.69) is 23.3 Å². The van der Waals surface area contributed by atoms with Crippen molar-refractivity contribution < 1.29 is 13.5 Å². The summed E-state index contributed by atoms with van der Waals surface area (Å²) in [7, 11) is -3.46. The van der Waals surface area contributed by atoms with Gasteiger partial charge < -0.3 is 5.11 Å². The molecule has 0 bridgehead atoms. The summed E-state index contributed by atoms with van der Waals surface area (Å²) in [5.74, 6) is 0.142. The molecule has 0 saturated heterocycles. The molecule has 0 amide bonds. The molecule has 4 rings (SSSR count). The summed E-state index contributed by atoms with van der Waals surface area (Å²) in [5, 5.41) is 14.1. The molecule has 0 saturated carbocycles. The Morgan fingerprint density at radius 1 is 1.17 bits per heavy atom. The van der Waals surface area contributed by atoms with E-state index in [-0.39, 0.29) is 23.2 Å². The first-order chi connectivity index (χ1) is 14.3. The van der Waals surface area contributed by atoms with Crippen LogP contribution in [-0.2, 0) is 35.8 Å². The van der Waals surface area contributed by atoms with E-state index in [0.29, 0.717) is 17.1 Å². The van der Waals surface area contributed by atoms with E-state index >= 15 is 0 Å². The zero-order valence-corrected chi connectivity index (χ0v) is 18.7. The molecule has 1 aliphatic rings. The smallest absolute Gasteiger partial charge is 0.180 e. The Kier molecular flexibility index (Phi) is 5.75. The van der Waals surface area contributed by atoms with Gasteiger partial charge in [-0.25, -0.2) is 8.42 Å². The van der Waals surface area contributed by atoms with E-state index in [1.807, 2.05) is 17.8 Å². The van der Waals surface area contributed by atoms with E-state index in [9.17, 15) is 13.5 Å². The number of aryl methyl sites for hydroxylation is 2. The highest BCUT2D eigenvalue weighted by Gasteiger charge is 2.29. The molecule has 1 N–H and O–H groups in total. The van der Waals surface area contributed by atoms with Crippen molar-refractivity contribution in [2.24, 2.45) is 5.92 Å².